The second kappa shape index (κ2) is 6.63. The molecule has 0 aliphatic carbocycles. The maximum atomic E-state index is 6.15. The minimum atomic E-state index is 0.0594. The number of likely N-dealkylation sites (N-methyl/N-ethyl adjacent to an activating group) is 2. The summed E-state index contributed by atoms with van der Waals surface area (Å²) < 4.78 is 6.15. The molecule has 0 spiro atoms. The highest BCUT2D eigenvalue weighted by Crippen LogP contribution is 2.38. The highest BCUT2D eigenvalue weighted by Gasteiger charge is 2.40. The normalized spacial score (nSPS) is 14.0. The Morgan fingerprint density at radius 1 is 1.14 bits per heavy atom. The Balaban J connectivity index is 2.50. The van der Waals surface area contributed by atoms with Gasteiger partial charge >= 0.3 is 0 Å². The van der Waals surface area contributed by atoms with Crippen molar-refractivity contribution < 1.29 is 4.42 Å². The van der Waals surface area contributed by atoms with Gasteiger partial charge in [0.2, 0.25) is 0 Å². The molecule has 0 saturated heterocycles. The van der Waals surface area contributed by atoms with Gasteiger partial charge < -0.3 is 14.6 Å². The van der Waals surface area contributed by atoms with Crippen molar-refractivity contribution in [2.24, 2.45) is 0 Å². The summed E-state index contributed by atoms with van der Waals surface area (Å²) >= 11 is 0. The molecule has 1 unspecified atom stereocenters. The Bertz CT molecular complexity index is 536. The van der Waals surface area contributed by atoms with E-state index in [1.165, 1.54) is 5.39 Å². The molecule has 3 nitrogen and oxygen atoms in total. The van der Waals surface area contributed by atoms with Gasteiger partial charge in [-0.3, -0.25) is 0 Å². The van der Waals surface area contributed by atoms with E-state index in [0.717, 1.165) is 30.7 Å². The molecule has 3 heteroatoms. The zero-order valence-corrected chi connectivity index (χ0v) is 13.9. The van der Waals surface area contributed by atoms with Crippen molar-refractivity contribution in [1.82, 2.24) is 10.2 Å². The van der Waals surface area contributed by atoms with E-state index in [9.17, 15) is 0 Å². The van der Waals surface area contributed by atoms with Crippen LogP contribution in [-0.4, -0.2) is 31.1 Å². The third-order valence-electron chi connectivity index (χ3n) is 4.79. The first-order valence-corrected chi connectivity index (χ1v) is 7.98. The molecule has 0 saturated carbocycles. The molecule has 0 aliphatic heterocycles. The zero-order chi connectivity index (χ0) is 15.5. The van der Waals surface area contributed by atoms with Crippen LogP contribution in [0.2, 0.25) is 0 Å². The predicted molar refractivity (Wildman–Crippen MR) is 89.6 cm³/mol. The molecule has 0 amide bonds. The molecule has 0 fully saturated rings. The average Bonchev–Trinajstić information content (AvgIpc) is 2.91. The van der Waals surface area contributed by atoms with E-state index in [-0.39, 0.29) is 11.6 Å². The van der Waals surface area contributed by atoms with Crippen molar-refractivity contribution >= 4 is 11.0 Å². The van der Waals surface area contributed by atoms with Crippen molar-refractivity contribution in [3.05, 3.63) is 36.1 Å². The third-order valence-corrected chi connectivity index (χ3v) is 4.79. The molecule has 0 radical (unpaired) electrons. The summed E-state index contributed by atoms with van der Waals surface area (Å²) in [5, 5.41) is 4.82. The Labute approximate surface area is 128 Å². The molecule has 1 atom stereocenters. The van der Waals surface area contributed by atoms with E-state index in [4.69, 9.17) is 4.42 Å². The van der Waals surface area contributed by atoms with Gasteiger partial charge in [0.25, 0.3) is 0 Å². The summed E-state index contributed by atoms with van der Waals surface area (Å²) in [4.78, 5) is 2.34. The zero-order valence-electron chi connectivity index (χ0n) is 13.9. The van der Waals surface area contributed by atoms with E-state index in [1.807, 2.05) is 12.1 Å². The molecule has 1 aromatic carbocycles. The molecule has 1 heterocycles. The van der Waals surface area contributed by atoms with Crippen LogP contribution in [0.3, 0.4) is 0 Å². The van der Waals surface area contributed by atoms with Crippen LogP contribution in [0.5, 0.6) is 0 Å². The van der Waals surface area contributed by atoms with Crippen LogP contribution in [0, 0.1) is 0 Å². The molecule has 2 rings (SSSR count). The second-order valence-electron chi connectivity index (χ2n) is 5.88. The topological polar surface area (TPSA) is 28.4 Å². The van der Waals surface area contributed by atoms with Gasteiger partial charge in [0, 0.05) is 10.9 Å². The lowest BCUT2D eigenvalue weighted by atomic mass is 9.81. The number of hydrogen-bond donors (Lipinski definition) is 1. The SMILES string of the molecule is CCNC(c1cc2ccccc2o1)C(CC)(CC)N(C)C. The van der Waals surface area contributed by atoms with Crippen molar-refractivity contribution in [2.75, 3.05) is 20.6 Å². The largest absolute Gasteiger partial charge is 0.459 e. The number of nitrogens with zero attached hydrogens (tertiary/aromatic N) is 1. The molecular formula is C18H28N2O. The lowest BCUT2D eigenvalue weighted by molar-refractivity contribution is 0.0794. The summed E-state index contributed by atoms with van der Waals surface area (Å²) in [6.07, 6.45) is 2.15. The van der Waals surface area contributed by atoms with E-state index in [2.05, 4.69) is 63.3 Å². The molecule has 2 aromatic rings. The van der Waals surface area contributed by atoms with Crippen LogP contribution >= 0.6 is 0 Å². The first-order chi connectivity index (χ1) is 10.1. The smallest absolute Gasteiger partial charge is 0.134 e. The Morgan fingerprint density at radius 2 is 1.81 bits per heavy atom. The molecule has 0 aliphatic rings. The standard InChI is InChI=1S/C18H28N2O/c1-6-18(7-2,20(4)5)17(19-8-3)16-13-14-11-9-10-12-15(14)21-16/h9-13,17,19H,6-8H2,1-5H3. The van der Waals surface area contributed by atoms with Gasteiger partial charge in [-0.2, -0.15) is 0 Å². The Morgan fingerprint density at radius 3 is 2.33 bits per heavy atom. The highest BCUT2D eigenvalue weighted by atomic mass is 16.3. The van der Waals surface area contributed by atoms with Crippen LogP contribution in [0.4, 0.5) is 0 Å². The van der Waals surface area contributed by atoms with Gasteiger partial charge in [-0.05, 0) is 45.6 Å². The number of nitrogens with one attached hydrogen (secondary N) is 1. The summed E-state index contributed by atoms with van der Waals surface area (Å²) in [5.74, 6) is 1.04. The molecule has 0 bridgehead atoms. The average molecular weight is 288 g/mol. The summed E-state index contributed by atoms with van der Waals surface area (Å²) in [6.45, 7) is 7.60. The van der Waals surface area contributed by atoms with Gasteiger partial charge in [-0.25, -0.2) is 0 Å². The molecule has 1 N–H and O–H groups in total. The van der Waals surface area contributed by atoms with Crippen LogP contribution in [0.25, 0.3) is 11.0 Å². The van der Waals surface area contributed by atoms with E-state index < -0.39 is 0 Å². The third kappa shape index (κ3) is 2.85. The van der Waals surface area contributed by atoms with Crippen LogP contribution in [0.15, 0.2) is 34.7 Å². The second-order valence-corrected chi connectivity index (χ2v) is 5.88. The van der Waals surface area contributed by atoms with Crippen molar-refractivity contribution in [1.29, 1.82) is 0 Å². The van der Waals surface area contributed by atoms with Gasteiger partial charge in [-0.1, -0.05) is 39.0 Å². The highest BCUT2D eigenvalue weighted by molar-refractivity contribution is 5.77. The van der Waals surface area contributed by atoms with Crippen LogP contribution in [0.1, 0.15) is 45.4 Å². The first kappa shape index (κ1) is 16.1. The van der Waals surface area contributed by atoms with Crippen LogP contribution in [-0.2, 0) is 0 Å². The molecule has 116 valence electrons. The van der Waals surface area contributed by atoms with E-state index >= 15 is 0 Å². The lowest BCUT2D eigenvalue weighted by Gasteiger charge is -2.44. The summed E-state index contributed by atoms with van der Waals surface area (Å²) in [5.41, 5.74) is 1.03. The van der Waals surface area contributed by atoms with E-state index in [1.54, 1.807) is 0 Å². The number of furan rings is 1. The number of fused-ring (bicyclic) bond motifs is 1. The number of para-hydroxylation sites is 1. The van der Waals surface area contributed by atoms with Crippen LogP contribution < -0.4 is 5.32 Å². The Kier molecular flexibility index (Phi) is 5.07. The minimum Gasteiger partial charge on any atom is -0.459 e. The fourth-order valence-corrected chi connectivity index (χ4v) is 3.45. The minimum absolute atomic E-state index is 0.0594. The van der Waals surface area contributed by atoms with Gasteiger partial charge in [0.15, 0.2) is 0 Å². The Hall–Kier alpha value is -1.32. The van der Waals surface area contributed by atoms with Gasteiger partial charge in [-0.15, -0.1) is 0 Å². The van der Waals surface area contributed by atoms with E-state index in [0.29, 0.717) is 0 Å². The summed E-state index contributed by atoms with van der Waals surface area (Å²) in [6, 6.07) is 10.6. The fourth-order valence-electron chi connectivity index (χ4n) is 3.45. The predicted octanol–water partition coefficient (Wildman–Crippen LogP) is 4.20. The van der Waals surface area contributed by atoms with Gasteiger partial charge in [0.1, 0.15) is 11.3 Å². The molecule has 21 heavy (non-hydrogen) atoms. The quantitative estimate of drug-likeness (QED) is 0.827. The maximum absolute atomic E-state index is 6.15. The molecular weight excluding hydrogens is 260 g/mol. The maximum Gasteiger partial charge on any atom is 0.134 e. The molecule has 1 aromatic heterocycles. The number of benzene rings is 1. The first-order valence-electron chi connectivity index (χ1n) is 7.98. The van der Waals surface area contributed by atoms with Crippen molar-refractivity contribution in [3.63, 3.8) is 0 Å². The number of rotatable bonds is 7. The van der Waals surface area contributed by atoms with Crippen molar-refractivity contribution in [3.8, 4) is 0 Å². The lowest BCUT2D eigenvalue weighted by Crippen LogP contribution is -2.53. The fraction of sp³-hybridized carbons (Fsp3) is 0.556. The van der Waals surface area contributed by atoms with Crippen molar-refractivity contribution in [2.45, 2.75) is 45.2 Å². The number of hydrogen-bond acceptors (Lipinski definition) is 3. The monoisotopic (exact) mass is 288 g/mol. The van der Waals surface area contributed by atoms with Gasteiger partial charge in [0.05, 0.1) is 6.04 Å². The summed E-state index contributed by atoms with van der Waals surface area (Å²) in [7, 11) is 4.33.